The van der Waals surface area contributed by atoms with E-state index in [0.717, 1.165) is 42.9 Å². The van der Waals surface area contributed by atoms with E-state index in [9.17, 15) is 0 Å². The van der Waals surface area contributed by atoms with Crippen LogP contribution in [0.2, 0.25) is 0 Å². The first-order valence-corrected chi connectivity index (χ1v) is 7.18. The number of aryl methyl sites for hydroxylation is 1. The number of rotatable bonds is 8. The third-order valence-electron chi connectivity index (χ3n) is 3.50. The van der Waals surface area contributed by atoms with Crippen LogP contribution in [0, 0.1) is 0 Å². The van der Waals surface area contributed by atoms with Crippen molar-refractivity contribution < 1.29 is 10.2 Å². The summed E-state index contributed by atoms with van der Waals surface area (Å²) in [5, 5.41) is 18.2. The minimum absolute atomic E-state index is 0.157. The van der Waals surface area contributed by atoms with Crippen molar-refractivity contribution in [3.63, 3.8) is 0 Å². The number of hydrogen-bond donors (Lipinski definition) is 2. The molecule has 0 unspecified atom stereocenters. The highest BCUT2D eigenvalue weighted by Crippen LogP contribution is 2.17. The Morgan fingerprint density at radius 1 is 1.20 bits per heavy atom. The molecule has 5 nitrogen and oxygen atoms in total. The van der Waals surface area contributed by atoms with Gasteiger partial charge in [-0.3, -0.25) is 4.90 Å². The topological polar surface area (TPSA) is 61.5 Å². The van der Waals surface area contributed by atoms with Crippen LogP contribution in [0.3, 0.4) is 0 Å². The minimum atomic E-state index is 0.157. The SMILES string of the molecule is CCN(CCO)Cc1nc2ccccc2n1CCCO. The third kappa shape index (κ3) is 3.36. The van der Waals surface area contributed by atoms with E-state index in [-0.39, 0.29) is 13.2 Å². The number of likely N-dealkylation sites (N-methyl/N-ethyl adjacent to an activating group) is 1. The molecule has 20 heavy (non-hydrogen) atoms. The molecule has 0 amide bonds. The second kappa shape index (κ2) is 7.38. The Labute approximate surface area is 119 Å². The first kappa shape index (κ1) is 15.0. The molecule has 2 aromatic rings. The van der Waals surface area contributed by atoms with Gasteiger partial charge >= 0.3 is 0 Å². The van der Waals surface area contributed by atoms with E-state index in [1.54, 1.807) is 0 Å². The molecule has 0 atom stereocenters. The minimum Gasteiger partial charge on any atom is -0.396 e. The quantitative estimate of drug-likeness (QED) is 0.762. The maximum Gasteiger partial charge on any atom is 0.124 e. The number of aliphatic hydroxyl groups excluding tert-OH is 2. The van der Waals surface area contributed by atoms with Gasteiger partial charge in [0.1, 0.15) is 5.82 Å². The number of aromatic nitrogens is 2. The lowest BCUT2D eigenvalue weighted by atomic mass is 10.3. The Kier molecular flexibility index (Phi) is 5.52. The van der Waals surface area contributed by atoms with Gasteiger partial charge in [0.15, 0.2) is 0 Å². The fraction of sp³-hybridized carbons (Fsp3) is 0.533. The predicted molar refractivity (Wildman–Crippen MR) is 79.5 cm³/mol. The van der Waals surface area contributed by atoms with Gasteiger partial charge in [-0.05, 0) is 25.1 Å². The van der Waals surface area contributed by atoms with E-state index in [4.69, 9.17) is 15.2 Å². The highest BCUT2D eigenvalue weighted by Gasteiger charge is 2.12. The van der Waals surface area contributed by atoms with Crippen molar-refractivity contribution in [3.8, 4) is 0 Å². The van der Waals surface area contributed by atoms with Crippen LogP contribution in [-0.4, -0.2) is 51.0 Å². The van der Waals surface area contributed by atoms with Crippen LogP contribution in [0.25, 0.3) is 11.0 Å². The Morgan fingerprint density at radius 2 is 2.00 bits per heavy atom. The summed E-state index contributed by atoms with van der Waals surface area (Å²) in [4.78, 5) is 6.86. The van der Waals surface area contributed by atoms with E-state index in [0.29, 0.717) is 6.54 Å². The molecule has 0 fully saturated rings. The number of benzene rings is 1. The summed E-state index contributed by atoms with van der Waals surface area (Å²) in [5.41, 5.74) is 2.09. The number of para-hydroxylation sites is 2. The molecular weight excluding hydrogens is 254 g/mol. The number of imidazole rings is 1. The third-order valence-corrected chi connectivity index (χ3v) is 3.50. The highest BCUT2D eigenvalue weighted by atomic mass is 16.3. The van der Waals surface area contributed by atoms with Crippen molar-refractivity contribution in [2.45, 2.75) is 26.4 Å². The summed E-state index contributed by atoms with van der Waals surface area (Å²) in [5.74, 6) is 0.995. The summed E-state index contributed by atoms with van der Waals surface area (Å²) in [7, 11) is 0. The molecule has 0 aliphatic rings. The monoisotopic (exact) mass is 277 g/mol. The standard InChI is InChI=1S/C15H23N3O2/c1-2-17(9-11-20)12-15-16-13-6-3-4-7-14(13)18(15)8-5-10-19/h3-4,6-7,19-20H,2,5,8-12H2,1H3. The molecule has 0 spiro atoms. The zero-order valence-electron chi connectivity index (χ0n) is 12.0. The average Bonchev–Trinajstić information content (AvgIpc) is 2.82. The smallest absolute Gasteiger partial charge is 0.124 e. The van der Waals surface area contributed by atoms with Crippen LogP contribution in [0.5, 0.6) is 0 Å². The summed E-state index contributed by atoms with van der Waals surface area (Å²) < 4.78 is 2.17. The van der Waals surface area contributed by atoms with E-state index in [1.165, 1.54) is 0 Å². The summed E-state index contributed by atoms with van der Waals surface area (Å²) >= 11 is 0. The van der Waals surface area contributed by atoms with Crippen molar-refractivity contribution in [3.05, 3.63) is 30.1 Å². The van der Waals surface area contributed by atoms with Gasteiger partial charge < -0.3 is 14.8 Å². The van der Waals surface area contributed by atoms with Crippen molar-refractivity contribution in [2.75, 3.05) is 26.3 Å². The normalized spacial score (nSPS) is 11.6. The molecule has 2 N–H and O–H groups in total. The van der Waals surface area contributed by atoms with Gasteiger partial charge in [-0.15, -0.1) is 0 Å². The summed E-state index contributed by atoms with van der Waals surface area (Å²) in [6.07, 6.45) is 0.722. The molecule has 0 bridgehead atoms. The molecule has 0 saturated heterocycles. The predicted octanol–water partition coefficient (Wildman–Crippen LogP) is 1.23. The molecule has 5 heteroatoms. The van der Waals surface area contributed by atoms with E-state index in [2.05, 4.69) is 22.5 Å². The average molecular weight is 277 g/mol. The van der Waals surface area contributed by atoms with Crippen LogP contribution in [0.15, 0.2) is 24.3 Å². The Hall–Kier alpha value is -1.43. The number of fused-ring (bicyclic) bond motifs is 1. The number of nitrogens with zero attached hydrogens (tertiary/aromatic N) is 3. The lowest BCUT2D eigenvalue weighted by Gasteiger charge is -2.19. The van der Waals surface area contributed by atoms with Crippen molar-refractivity contribution in [1.29, 1.82) is 0 Å². The fourth-order valence-electron chi connectivity index (χ4n) is 2.41. The highest BCUT2D eigenvalue weighted by molar-refractivity contribution is 5.75. The first-order valence-electron chi connectivity index (χ1n) is 7.18. The maximum absolute atomic E-state index is 9.09. The van der Waals surface area contributed by atoms with Gasteiger partial charge in [-0.1, -0.05) is 19.1 Å². The van der Waals surface area contributed by atoms with Crippen molar-refractivity contribution in [2.24, 2.45) is 0 Å². The van der Waals surface area contributed by atoms with Crippen LogP contribution < -0.4 is 0 Å². The van der Waals surface area contributed by atoms with Crippen molar-refractivity contribution >= 4 is 11.0 Å². The molecule has 0 radical (unpaired) electrons. The summed E-state index contributed by atoms with van der Waals surface area (Å²) in [6, 6.07) is 8.07. The molecule has 0 aliphatic heterocycles. The maximum atomic E-state index is 9.09. The van der Waals surface area contributed by atoms with Gasteiger partial charge in [0.25, 0.3) is 0 Å². The van der Waals surface area contributed by atoms with Crippen LogP contribution in [-0.2, 0) is 13.1 Å². The second-order valence-electron chi connectivity index (χ2n) is 4.84. The van der Waals surface area contributed by atoms with E-state index in [1.807, 2.05) is 18.2 Å². The zero-order chi connectivity index (χ0) is 14.4. The Morgan fingerprint density at radius 3 is 2.70 bits per heavy atom. The largest absolute Gasteiger partial charge is 0.396 e. The van der Waals surface area contributed by atoms with Crippen LogP contribution in [0.4, 0.5) is 0 Å². The van der Waals surface area contributed by atoms with E-state index < -0.39 is 0 Å². The van der Waals surface area contributed by atoms with Gasteiger partial charge in [-0.25, -0.2) is 4.98 Å². The Balaban J connectivity index is 2.30. The summed E-state index contributed by atoms with van der Waals surface area (Å²) in [6.45, 7) is 5.44. The molecule has 1 aromatic carbocycles. The molecule has 0 aliphatic carbocycles. The first-order chi connectivity index (χ1) is 9.80. The lowest BCUT2D eigenvalue weighted by molar-refractivity contribution is 0.192. The van der Waals surface area contributed by atoms with Gasteiger partial charge in [-0.2, -0.15) is 0 Å². The van der Waals surface area contributed by atoms with E-state index >= 15 is 0 Å². The number of aliphatic hydroxyl groups is 2. The molecular formula is C15H23N3O2. The van der Waals surface area contributed by atoms with Gasteiger partial charge in [0.05, 0.1) is 24.2 Å². The molecule has 110 valence electrons. The molecule has 0 saturated carbocycles. The van der Waals surface area contributed by atoms with Crippen molar-refractivity contribution in [1.82, 2.24) is 14.5 Å². The zero-order valence-corrected chi connectivity index (χ0v) is 12.0. The fourth-order valence-corrected chi connectivity index (χ4v) is 2.41. The van der Waals surface area contributed by atoms with Crippen LogP contribution in [0.1, 0.15) is 19.2 Å². The molecule has 1 aromatic heterocycles. The second-order valence-corrected chi connectivity index (χ2v) is 4.84. The Bertz CT molecular complexity index is 539. The van der Waals surface area contributed by atoms with Gasteiger partial charge in [0, 0.05) is 19.7 Å². The van der Waals surface area contributed by atoms with Crippen LogP contribution >= 0.6 is 0 Å². The van der Waals surface area contributed by atoms with Gasteiger partial charge in [0.2, 0.25) is 0 Å². The number of hydrogen-bond acceptors (Lipinski definition) is 4. The molecule has 2 rings (SSSR count). The lowest BCUT2D eigenvalue weighted by Crippen LogP contribution is -2.27. The molecule has 1 heterocycles.